The average molecular weight is 519 g/mol. The van der Waals surface area contributed by atoms with E-state index in [2.05, 4.69) is 20.9 Å². The first-order valence-corrected chi connectivity index (χ1v) is 10.3. The Kier molecular flexibility index (Phi) is 6.62. The SMILES string of the molecule is O=C1CCC(N2Cc3cc(CNC(=O)Nc4ccc5cc[n-]c5c4)ccc3C2=O)C(=O)N1.[Y]. The van der Waals surface area contributed by atoms with E-state index in [-0.39, 0.29) is 63.5 Å². The second kappa shape index (κ2) is 9.45. The van der Waals surface area contributed by atoms with Crippen LogP contribution in [0.2, 0.25) is 0 Å². The summed E-state index contributed by atoms with van der Waals surface area (Å²) in [6, 6.07) is 11.8. The van der Waals surface area contributed by atoms with Crippen molar-refractivity contribution in [3.63, 3.8) is 0 Å². The third kappa shape index (κ3) is 4.70. The summed E-state index contributed by atoms with van der Waals surface area (Å²) in [5.41, 5.74) is 3.63. The third-order valence-electron chi connectivity index (χ3n) is 5.80. The number of hydrogen-bond acceptors (Lipinski definition) is 4. The zero-order valence-electron chi connectivity index (χ0n) is 17.6. The van der Waals surface area contributed by atoms with Crippen molar-refractivity contribution in [1.29, 1.82) is 0 Å². The number of amides is 5. The zero-order chi connectivity index (χ0) is 22.2. The van der Waals surface area contributed by atoms with E-state index in [0.29, 0.717) is 24.2 Å². The molecule has 0 bridgehead atoms. The second-order valence-electron chi connectivity index (χ2n) is 7.92. The number of rotatable bonds is 4. The van der Waals surface area contributed by atoms with Crippen LogP contribution in [0.5, 0.6) is 0 Å². The van der Waals surface area contributed by atoms with Crippen molar-refractivity contribution in [2.45, 2.75) is 32.0 Å². The Bertz CT molecular complexity index is 1270. The molecule has 0 spiro atoms. The average Bonchev–Trinajstić information content (AvgIpc) is 3.36. The van der Waals surface area contributed by atoms with E-state index in [9.17, 15) is 19.2 Å². The molecule has 2 aliphatic heterocycles. The van der Waals surface area contributed by atoms with E-state index in [0.717, 1.165) is 22.0 Å². The van der Waals surface area contributed by atoms with Crippen LogP contribution in [0.4, 0.5) is 10.5 Å². The summed E-state index contributed by atoms with van der Waals surface area (Å²) in [4.78, 5) is 54.3. The molecule has 1 saturated heterocycles. The molecule has 3 N–H and O–H groups in total. The van der Waals surface area contributed by atoms with Gasteiger partial charge >= 0.3 is 6.03 Å². The summed E-state index contributed by atoms with van der Waals surface area (Å²) < 4.78 is 0. The molecule has 5 rings (SSSR count). The Hall–Kier alpha value is -3.04. The van der Waals surface area contributed by atoms with Gasteiger partial charge in [-0.15, -0.1) is 5.52 Å². The van der Waals surface area contributed by atoms with Gasteiger partial charge in [-0.2, -0.15) is 6.20 Å². The van der Waals surface area contributed by atoms with E-state index < -0.39 is 11.9 Å². The fourth-order valence-corrected chi connectivity index (χ4v) is 4.17. The fourth-order valence-electron chi connectivity index (χ4n) is 4.17. The smallest absolute Gasteiger partial charge is 0.319 e. The molecule has 9 nitrogen and oxygen atoms in total. The third-order valence-corrected chi connectivity index (χ3v) is 5.80. The molecule has 1 unspecified atom stereocenters. The molecule has 1 aromatic heterocycles. The molecule has 0 aliphatic carbocycles. The van der Waals surface area contributed by atoms with Gasteiger partial charge in [-0.3, -0.25) is 19.7 Å². The molecule has 165 valence electrons. The Morgan fingerprint density at radius 3 is 2.79 bits per heavy atom. The molecule has 1 atom stereocenters. The summed E-state index contributed by atoms with van der Waals surface area (Å²) in [6.45, 7) is 0.579. The minimum atomic E-state index is -0.644. The summed E-state index contributed by atoms with van der Waals surface area (Å²) in [6.07, 6.45) is 2.26. The molecule has 1 radical (unpaired) electrons. The number of benzene rings is 2. The van der Waals surface area contributed by atoms with Crippen molar-refractivity contribution in [3.8, 4) is 0 Å². The largest absolute Gasteiger partial charge is 0.664 e. The first-order chi connectivity index (χ1) is 15.5. The molecule has 2 aromatic carbocycles. The van der Waals surface area contributed by atoms with Crippen LogP contribution >= 0.6 is 0 Å². The minimum Gasteiger partial charge on any atom is -0.664 e. The van der Waals surface area contributed by atoms with Crippen molar-refractivity contribution in [1.82, 2.24) is 20.5 Å². The van der Waals surface area contributed by atoms with Gasteiger partial charge < -0.3 is 20.5 Å². The number of piperidine rings is 1. The predicted molar refractivity (Wildman–Crippen MR) is 116 cm³/mol. The molecule has 1 fully saturated rings. The van der Waals surface area contributed by atoms with Crippen LogP contribution in [0.1, 0.15) is 34.3 Å². The van der Waals surface area contributed by atoms with Crippen LogP contribution in [0.25, 0.3) is 10.9 Å². The molecule has 5 amide bonds. The summed E-state index contributed by atoms with van der Waals surface area (Å²) in [5, 5.41) is 8.90. The standard InChI is InChI=1S/C23H20N5O4.Y/c29-20-6-5-19(21(30)27-20)28-12-15-9-13(1-4-17(15)22(28)31)11-25-23(32)26-16-3-2-14-7-8-24-18(14)10-16;/h1-4,7-10,19H,5-6,11-12H2,(H2,25,26,32)(H,27,29,30);/q-1;. The van der Waals surface area contributed by atoms with Gasteiger partial charge in [-0.1, -0.05) is 30.3 Å². The normalized spacial score (nSPS) is 17.4. The van der Waals surface area contributed by atoms with Crippen molar-refractivity contribution in [3.05, 3.63) is 65.4 Å². The molecular weight excluding hydrogens is 499 g/mol. The van der Waals surface area contributed by atoms with Crippen LogP contribution in [0.15, 0.2) is 48.7 Å². The topological polar surface area (TPSA) is 122 Å². The van der Waals surface area contributed by atoms with E-state index >= 15 is 0 Å². The molecule has 3 heterocycles. The first-order valence-electron chi connectivity index (χ1n) is 10.3. The molecule has 33 heavy (non-hydrogen) atoms. The van der Waals surface area contributed by atoms with Crippen LogP contribution in [0, 0.1) is 0 Å². The van der Waals surface area contributed by atoms with Gasteiger partial charge in [0, 0.05) is 63.5 Å². The Morgan fingerprint density at radius 1 is 1.12 bits per heavy atom. The predicted octanol–water partition coefficient (Wildman–Crippen LogP) is 1.88. The maximum atomic E-state index is 12.8. The van der Waals surface area contributed by atoms with Crippen molar-refractivity contribution in [2.75, 3.05) is 5.32 Å². The van der Waals surface area contributed by atoms with Crippen LogP contribution in [-0.2, 0) is 55.4 Å². The van der Waals surface area contributed by atoms with E-state index in [1.54, 1.807) is 24.4 Å². The molecule has 2 aliphatic rings. The zero-order valence-corrected chi connectivity index (χ0v) is 20.5. The quantitative estimate of drug-likeness (QED) is 0.455. The number of imide groups is 1. The second-order valence-corrected chi connectivity index (χ2v) is 7.92. The summed E-state index contributed by atoms with van der Waals surface area (Å²) in [5.74, 6) is -0.965. The minimum absolute atomic E-state index is 0. The first kappa shape index (κ1) is 23.1. The Labute approximate surface area is 214 Å². The number of nitrogens with zero attached hydrogens (tertiary/aromatic N) is 2. The van der Waals surface area contributed by atoms with Crippen LogP contribution in [-0.4, -0.2) is 34.7 Å². The number of fused-ring (bicyclic) bond motifs is 2. The van der Waals surface area contributed by atoms with Gasteiger partial charge in [0.2, 0.25) is 11.8 Å². The van der Waals surface area contributed by atoms with Gasteiger partial charge in [0.25, 0.3) is 5.91 Å². The number of urea groups is 1. The number of anilines is 1. The monoisotopic (exact) mass is 519 g/mol. The van der Waals surface area contributed by atoms with Gasteiger partial charge in [-0.05, 0) is 35.1 Å². The molecular formula is C23H20N5O4Y-. The van der Waals surface area contributed by atoms with Crippen molar-refractivity contribution in [2.24, 2.45) is 0 Å². The Morgan fingerprint density at radius 2 is 1.97 bits per heavy atom. The number of carbonyl (C=O) groups excluding carboxylic acids is 4. The maximum Gasteiger partial charge on any atom is 0.319 e. The fraction of sp³-hybridized carbons (Fsp3) is 0.217. The summed E-state index contributed by atoms with van der Waals surface area (Å²) in [7, 11) is 0. The van der Waals surface area contributed by atoms with Crippen LogP contribution in [0.3, 0.4) is 0 Å². The van der Waals surface area contributed by atoms with E-state index in [1.807, 2.05) is 24.3 Å². The molecule has 3 aromatic rings. The number of aromatic nitrogens is 1. The van der Waals surface area contributed by atoms with Crippen molar-refractivity contribution >= 4 is 40.3 Å². The maximum absolute atomic E-state index is 12.8. The summed E-state index contributed by atoms with van der Waals surface area (Å²) >= 11 is 0. The van der Waals surface area contributed by atoms with Gasteiger partial charge in [0.05, 0.1) is 0 Å². The van der Waals surface area contributed by atoms with Gasteiger partial charge in [-0.25, -0.2) is 4.79 Å². The van der Waals surface area contributed by atoms with Gasteiger partial charge in [0.1, 0.15) is 6.04 Å². The molecule has 10 heteroatoms. The molecule has 0 saturated carbocycles. The number of carbonyl (C=O) groups is 4. The number of nitrogens with one attached hydrogen (secondary N) is 3. The van der Waals surface area contributed by atoms with Gasteiger partial charge in [0.15, 0.2) is 0 Å². The van der Waals surface area contributed by atoms with Crippen LogP contribution < -0.4 is 20.9 Å². The van der Waals surface area contributed by atoms with Crippen molar-refractivity contribution < 1.29 is 51.9 Å². The van der Waals surface area contributed by atoms with E-state index in [1.165, 1.54) is 4.90 Å². The van der Waals surface area contributed by atoms with E-state index in [4.69, 9.17) is 0 Å². The number of hydrogen-bond donors (Lipinski definition) is 3. The Balaban J connectivity index is 0.00000259.